The smallest absolute Gasteiger partial charge is 0.387 e. The number of hydrogen-bond donors (Lipinski definition) is 2. The lowest BCUT2D eigenvalue weighted by Gasteiger charge is -2.14. The lowest BCUT2D eigenvalue weighted by atomic mass is 10.1. The van der Waals surface area contributed by atoms with E-state index in [-0.39, 0.29) is 18.7 Å². The molecule has 0 radical (unpaired) electrons. The number of aliphatic hydroxyl groups is 1. The fraction of sp³-hybridized carbons (Fsp3) is 0.286. The van der Waals surface area contributed by atoms with Gasteiger partial charge >= 0.3 is 6.18 Å². The molecule has 1 aromatic carbocycles. The number of benzene rings is 1. The third-order valence-electron chi connectivity index (χ3n) is 2.90. The molecule has 0 amide bonds. The number of halogens is 3. The predicted molar refractivity (Wildman–Crippen MR) is 72.4 cm³/mol. The van der Waals surface area contributed by atoms with Crippen molar-refractivity contribution in [3.05, 3.63) is 57.8 Å². The summed E-state index contributed by atoms with van der Waals surface area (Å²) in [7, 11) is 0. The minimum Gasteiger partial charge on any atom is -0.387 e. The topological polar surface area (TPSA) is 32.3 Å². The van der Waals surface area contributed by atoms with Crippen LogP contribution in [0.4, 0.5) is 13.2 Å². The standard InChI is InChI=1S/C14H14F3NOS/c15-14(16,17)12-4-2-1-3-10(12)7-18-8-13(19)11-5-6-20-9-11/h1-6,9,13,18-19H,7-8H2. The lowest BCUT2D eigenvalue weighted by Crippen LogP contribution is -2.22. The number of thiophene rings is 1. The predicted octanol–water partition coefficient (Wildman–Crippen LogP) is 3.59. The van der Waals surface area contributed by atoms with Crippen molar-refractivity contribution >= 4 is 11.3 Å². The highest BCUT2D eigenvalue weighted by atomic mass is 32.1. The third-order valence-corrected chi connectivity index (χ3v) is 3.61. The van der Waals surface area contributed by atoms with Crippen molar-refractivity contribution in [2.75, 3.05) is 6.54 Å². The van der Waals surface area contributed by atoms with Crippen LogP contribution in [0.5, 0.6) is 0 Å². The Morgan fingerprint density at radius 2 is 1.95 bits per heavy atom. The second-order valence-corrected chi connectivity index (χ2v) is 5.14. The van der Waals surface area contributed by atoms with Gasteiger partial charge in [-0.3, -0.25) is 0 Å². The Balaban J connectivity index is 1.95. The minimum absolute atomic E-state index is 0.0663. The summed E-state index contributed by atoms with van der Waals surface area (Å²) in [5.74, 6) is 0. The molecule has 0 aliphatic carbocycles. The Hall–Kier alpha value is -1.37. The van der Waals surface area contributed by atoms with E-state index in [1.54, 1.807) is 12.1 Å². The molecule has 0 aliphatic heterocycles. The molecule has 108 valence electrons. The summed E-state index contributed by atoms with van der Waals surface area (Å²) >= 11 is 1.47. The summed E-state index contributed by atoms with van der Waals surface area (Å²) in [6.07, 6.45) is -5.07. The second-order valence-electron chi connectivity index (χ2n) is 4.36. The zero-order chi connectivity index (χ0) is 14.6. The number of nitrogens with one attached hydrogen (secondary N) is 1. The average Bonchev–Trinajstić information content (AvgIpc) is 2.92. The molecule has 0 bridgehead atoms. The molecule has 2 nitrogen and oxygen atoms in total. The summed E-state index contributed by atoms with van der Waals surface area (Å²) in [4.78, 5) is 0. The van der Waals surface area contributed by atoms with Crippen LogP contribution in [0.25, 0.3) is 0 Å². The molecule has 1 heterocycles. The summed E-state index contributed by atoms with van der Waals surface area (Å²) in [5, 5.41) is 16.4. The van der Waals surface area contributed by atoms with Gasteiger partial charge in [-0.15, -0.1) is 0 Å². The van der Waals surface area contributed by atoms with E-state index in [2.05, 4.69) is 5.32 Å². The molecular formula is C14H14F3NOS. The van der Waals surface area contributed by atoms with E-state index in [1.807, 2.05) is 10.8 Å². The molecule has 0 spiro atoms. The van der Waals surface area contributed by atoms with Crippen molar-refractivity contribution < 1.29 is 18.3 Å². The Bertz CT molecular complexity index is 540. The first-order valence-electron chi connectivity index (χ1n) is 6.04. The molecular weight excluding hydrogens is 287 g/mol. The highest BCUT2D eigenvalue weighted by Gasteiger charge is 2.32. The third kappa shape index (κ3) is 3.82. The van der Waals surface area contributed by atoms with Gasteiger partial charge in [0, 0.05) is 13.1 Å². The molecule has 2 rings (SSSR count). The van der Waals surface area contributed by atoms with E-state index < -0.39 is 17.8 Å². The highest BCUT2D eigenvalue weighted by molar-refractivity contribution is 7.07. The van der Waals surface area contributed by atoms with Gasteiger partial charge in [0.1, 0.15) is 0 Å². The van der Waals surface area contributed by atoms with Gasteiger partial charge < -0.3 is 10.4 Å². The van der Waals surface area contributed by atoms with Crippen LogP contribution in [-0.2, 0) is 12.7 Å². The van der Waals surface area contributed by atoms with Crippen LogP contribution in [0.3, 0.4) is 0 Å². The summed E-state index contributed by atoms with van der Waals surface area (Å²) < 4.78 is 38.3. The molecule has 1 atom stereocenters. The Morgan fingerprint density at radius 3 is 2.60 bits per heavy atom. The van der Waals surface area contributed by atoms with Crippen LogP contribution < -0.4 is 5.32 Å². The van der Waals surface area contributed by atoms with Gasteiger partial charge in [-0.1, -0.05) is 18.2 Å². The van der Waals surface area contributed by atoms with Crippen LogP contribution in [0.1, 0.15) is 22.8 Å². The highest BCUT2D eigenvalue weighted by Crippen LogP contribution is 2.31. The number of hydrogen-bond acceptors (Lipinski definition) is 3. The van der Waals surface area contributed by atoms with Crippen LogP contribution >= 0.6 is 11.3 Å². The number of rotatable bonds is 5. The van der Waals surface area contributed by atoms with Gasteiger partial charge in [0.2, 0.25) is 0 Å². The molecule has 0 aliphatic rings. The van der Waals surface area contributed by atoms with Crippen LogP contribution in [-0.4, -0.2) is 11.7 Å². The maximum Gasteiger partial charge on any atom is 0.416 e. The van der Waals surface area contributed by atoms with E-state index in [1.165, 1.54) is 23.5 Å². The quantitative estimate of drug-likeness (QED) is 0.884. The zero-order valence-electron chi connectivity index (χ0n) is 10.5. The van der Waals surface area contributed by atoms with Gasteiger partial charge in [-0.25, -0.2) is 0 Å². The summed E-state index contributed by atoms with van der Waals surface area (Å²) in [6.45, 7) is 0.278. The fourth-order valence-electron chi connectivity index (χ4n) is 1.88. The van der Waals surface area contributed by atoms with Gasteiger partial charge in [-0.2, -0.15) is 24.5 Å². The molecule has 2 N–H and O–H groups in total. The van der Waals surface area contributed by atoms with Crippen molar-refractivity contribution in [2.45, 2.75) is 18.8 Å². The lowest BCUT2D eigenvalue weighted by molar-refractivity contribution is -0.138. The monoisotopic (exact) mass is 301 g/mol. The van der Waals surface area contributed by atoms with Gasteiger partial charge in [-0.05, 0) is 34.0 Å². The van der Waals surface area contributed by atoms with Gasteiger partial charge in [0.15, 0.2) is 0 Å². The van der Waals surface area contributed by atoms with E-state index in [0.29, 0.717) is 0 Å². The molecule has 1 aromatic heterocycles. The van der Waals surface area contributed by atoms with Crippen LogP contribution in [0.15, 0.2) is 41.1 Å². The van der Waals surface area contributed by atoms with Crippen LogP contribution in [0, 0.1) is 0 Å². The number of alkyl halides is 3. The first-order chi connectivity index (χ1) is 9.48. The molecule has 0 saturated carbocycles. The van der Waals surface area contributed by atoms with E-state index >= 15 is 0 Å². The van der Waals surface area contributed by atoms with Crippen molar-refractivity contribution in [3.63, 3.8) is 0 Å². The van der Waals surface area contributed by atoms with E-state index in [0.717, 1.165) is 11.6 Å². The largest absolute Gasteiger partial charge is 0.416 e. The van der Waals surface area contributed by atoms with Crippen LogP contribution in [0.2, 0.25) is 0 Å². The van der Waals surface area contributed by atoms with Crippen molar-refractivity contribution in [3.8, 4) is 0 Å². The average molecular weight is 301 g/mol. The first-order valence-corrected chi connectivity index (χ1v) is 6.98. The maximum atomic E-state index is 12.8. The van der Waals surface area contributed by atoms with Crippen molar-refractivity contribution in [1.82, 2.24) is 5.32 Å². The summed E-state index contributed by atoms with van der Waals surface area (Å²) in [5.41, 5.74) is 0.307. The van der Waals surface area contributed by atoms with Gasteiger partial charge in [0.25, 0.3) is 0 Å². The normalized spacial score (nSPS) is 13.4. The van der Waals surface area contributed by atoms with Crippen molar-refractivity contribution in [2.24, 2.45) is 0 Å². The SMILES string of the molecule is OC(CNCc1ccccc1C(F)(F)F)c1ccsc1. The Kier molecular flexibility index (Phi) is 4.80. The fourth-order valence-corrected chi connectivity index (χ4v) is 2.58. The molecule has 1 unspecified atom stereocenters. The molecule has 6 heteroatoms. The Labute approximate surface area is 118 Å². The Morgan fingerprint density at radius 1 is 1.20 bits per heavy atom. The zero-order valence-corrected chi connectivity index (χ0v) is 11.3. The molecule has 0 fully saturated rings. The number of aliphatic hydroxyl groups excluding tert-OH is 1. The van der Waals surface area contributed by atoms with E-state index in [4.69, 9.17) is 0 Å². The summed E-state index contributed by atoms with van der Waals surface area (Å²) in [6, 6.07) is 7.23. The second kappa shape index (κ2) is 6.39. The van der Waals surface area contributed by atoms with E-state index in [9.17, 15) is 18.3 Å². The maximum absolute atomic E-state index is 12.8. The first kappa shape index (κ1) is 15.0. The molecule has 20 heavy (non-hydrogen) atoms. The van der Waals surface area contributed by atoms with Gasteiger partial charge in [0.05, 0.1) is 11.7 Å². The van der Waals surface area contributed by atoms with Crippen molar-refractivity contribution in [1.29, 1.82) is 0 Å². The molecule has 0 saturated heterocycles. The molecule has 2 aromatic rings. The minimum atomic E-state index is -4.36.